The summed E-state index contributed by atoms with van der Waals surface area (Å²) >= 11 is 0. The molecule has 132 valence electrons. The number of hydrazine groups is 1. The van der Waals surface area contributed by atoms with Crippen LogP contribution in [0.5, 0.6) is 11.5 Å². The summed E-state index contributed by atoms with van der Waals surface area (Å²) < 4.78 is 10.7. The number of rotatable bonds is 7. The maximum Gasteiger partial charge on any atom is 0.276 e. The van der Waals surface area contributed by atoms with Gasteiger partial charge in [-0.1, -0.05) is 36.4 Å². The highest BCUT2D eigenvalue weighted by atomic mass is 16.5. The van der Waals surface area contributed by atoms with Crippen molar-refractivity contribution < 1.29 is 19.1 Å². The molecule has 2 amide bonds. The first-order valence-corrected chi connectivity index (χ1v) is 7.98. The van der Waals surface area contributed by atoms with E-state index in [1.54, 1.807) is 13.2 Å². The van der Waals surface area contributed by atoms with Crippen LogP contribution >= 0.6 is 0 Å². The van der Waals surface area contributed by atoms with Crippen molar-refractivity contribution in [2.45, 2.75) is 19.8 Å². The van der Waals surface area contributed by atoms with E-state index in [4.69, 9.17) is 9.47 Å². The van der Waals surface area contributed by atoms with Crippen LogP contribution in [0, 0.1) is 6.92 Å². The van der Waals surface area contributed by atoms with E-state index in [1.165, 1.54) is 0 Å². The van der Waals surface area contributed by atoms with Gasteiger partial charge in [0.25, 0.3) is 5.91 Å². The van der Waals surface area contributed by atoms with Crippen molar-refractivity contribution in [2.24, 2.45) is 0 Å². The number of carbonyl (C=O) groups excluding carboxylic acids is 2. The first-order chi connectivity index (χ1) is 12.1. The predicted molar refractivity (Wildman–Crippen MR) is 94.3 cm³/mol. The Morgan fingerprint density at radius 2 is 1.56 bits per heavy atom. The monoisotopic (exact) mass is 342 g/mol. The average Bonchev–Trinajstić information content (AvgIpc) is 2.64. The predicted octanol–water partition coefficient (Wildman–Crippen LogP) is 2.16. The fraction of sp³-hybridized carbons (Fsp3) is 0.263. The molecule has 0 aliphatic heterocycles. The van der Waals surface area contributed by atoms with Crippen LogP contribution in [0.4, 0.5) is 0 Å². The molecular formula is C19H22N2O4. The lowest BCUT2D eigenvalue weighted by Gasteiger charge is -2.11. The van der Waals surface area contributed by atoms with Crippen LogP contribution in [0.25, 0.3) is 0 Å². The number of nitrogens with one attached hydrogen (secondary N) is 2. The summed E-state index contributed by atoms with van der Waals surface area (Å²) in [4.78, 5) is 23.6. The SMILES string of the molecule is COc1ccccc1CCC(=O)NNC(=O)COc1ccccc1C. The summed E-state index contributed by atoms with van der Waals surface area (Å²) in [5, 5.41) is 0. The molecule has 2 aromatic carbocycles. The summed E-state index contributed by atoms with van der Waals surface area (Å²) in [6.07, 6.45) is 0.755. The highest BCUT2D eigenvalue weighted by molar-refractivity contribution is 5.82. The second-order valence-corrected chi connectivity index (χ2v) is 5.46. The maximum absolute atomic E-state index is 11.8. The zero-order chi connectivity index (χ0) is 18.1. The van der Waals surface area contributed by atoms with Crippen molar-refractivity contribution in [3.05, 3.63) is 59.7 Å². The number of aryl methyl sites for hydroxylation is 2. The minimum absolute atomic E-state index is 0.169. The van der Waals surface area contributed by atoms with Gasteiger partial charge in [0.1, 0.15) is 11.5 Å². The topological polar surface area (TPSA) is 76.7 Å². The smallest absolute Gasteiger partial charge is 0.276 e. The third-order valence-electron chi connectivity index (χ3n) is 3.61. The molecule has 6 nitrogen and oxygen atoms in total. The molecule has 0 aliphatic carbocycles. The Kier molecular flexibility index (Phi) is 6.83. The van der Waals surface area contributed by atoms with Crippen LogP contribution in [0.15, 0.2) is 48.5 Å². The highest BCUT2D eigenvalue weighted by Crippen LogP contribution is 2.18. The van der Waals surface area contributed by atoms with E-state index in [1.807, 2.05) is 49.4 Å². The molecule has 2 rings (SSSR count). The third kappa shape index (κ3) is 5.84. The van der Waals surface area contributed by atoms with Gasteiger partial charge in [0.05, 0.1) is 7.11 Å². The Hall–Kier alpha value is -3.02. The van der Waals surface area contributed by atoms with E-state index in [2.05, 4.69) is 10.9 Å². The Morgan fingerprint density at radius 1 is 0.920 bits per heavy atom. The number of benzene rings is 2. The zero-order valence-electron chi connectivity index (χ0n) is 14.4. The lowest BCUT2D eigenvalue weighted by Crippen LogP contribution is -2.43. The Morgan fingerprint density at radius 3 is 2.28 bits per heavy atom. The van der Waals surface area contributed by atoms with Crippen LogP contribution in [-0.4, -0.2) is 25.5 Å². The van der Waals surface area contributed by atoms with E-state index >= 15 is 0 Å². The van der Waals surface area contributed by atoms with Crippen molar-refractivity contribution in [1.29, 1.82) is 0 Å². The Balaban J connectivity index is 1.71. The second kappa shape index (κ2) is 9.32. The summed E-state index contributed by atoms with van der Waals surface area (Å²) in [5.41, 5.74) is 6.60. The number of methoxy groups -OCH3 is 1. The lowest BCUT2D eigenvalue weighted by molar-refractivity contribution is -0.130. The molecule has 0 bridgehead atoms. The standard InChI is InChI=1S/C19H22N2O4/c1-14-7-3-5-9-16(14)25-13-19(23)21-20-18(22)12-11-15-8-4-6-10-17(15)24-2/h3-10H,11-13H2,1-2H3,(H,20,22)(H,21,23). The summed E-state index contributed by atoms with van der Waals surface area (Å²) in [5.74, 6) is 0.676. The largest absolute Gasteiger partial charge is 0.496 e. The average molecular weight is 342 g/mol. The fourth-order valence-corrected chi connectivity index (χ4v) is 2.26. The van der Waals surface area contributed by atoms with Crippen LogP contribution in [0.2, 0.25) is 0 Å². The van der Waals surface area contributed by atoms with E-state index in [9.17, 15) is 9.59 Å². The van der Waals surface area contributed by atoms with Gasteiger partial charge in [0, 0.05) is 6.42 Å². The number of amides is 2. The van der Waals surface area contributed by atoms with Crippen LogP contribution < -0.4 is 20.3 Å². The molecule has 25 heavy (non-hydrogen) atoms. The minimum atomic E-state index is -0.422. The van der Waals surface area contributed by atoms with Crippen LogP contribution in [-0.2, 0) is 16.0 Å². The van der Waals surface area contributed by atoms with E-state index in [0.29, 0.717) is 12.2 Å². The van der Waals surface area contributed by atoms with E-state index in [0.717, 1.165) is 16.9 Å². The van der Waals surface area contributed by atoms with Gasteiger partial charge in [-0.25, -0.2) is 0 Å². The molecule has 0 aliphatic rings. The molecule has 0 saturated heterocycles. The highest BCUT2D eigenvalue weighted by Gasteiger charge is 2.08. The molecule has 0 saturated carbocycles. The van der Waals surface area contributed by atoms with Gasteiger partial charge >= 0.3 is 0 Å². The van der Waals surface area contributed by atoms with Crippen molar-refractivity contribution in [3.63, 3.8) is 0 Å². The van der Waals surface area contributed by atoms with Gasteiger partial charge in [-0.05, 0) is 36.6 Å². The number of ether oxygens (including phenoxy) is 2. The Bertz CT molecular complexity index is 731. The van der Waals surface area contributed by atoms with Crippen LogP contribution in [0.3, 0.4) is 0 Å². The normalized spacial score (nSPS) is 10.0. The maximum atomic E-state index is 11.8. The number of para-hydroxylation sites is 2. The van der Waals surface area contributed by atoms with Gasteiger partial charge in [0.15, 0.2) is 6.61 Å². The zero-order valence-corrected chi connectivity index (χ0v) is 14.4. The quantitative estimate of drug-likeness (QED) is 0.756. The summed E-state index contributed by atoms with van der Waals surface area (Å²) in [7, 11) is 1.59. The van der Waals surface area contributed by atoms with Gasteiger partial charge in [0.2, 0.25) is 5.91 Å². The molecule has 6 heteroatoms. The fourth-order valence-electron chi connectivity index (χ4n) is 2.26. The first-order valence-electron chi connectivity index (χ1n) is 7.98. The van der Waals surface area contributed by atoms with Gasteiger partial charge in [-0.15, -0.1) is 0 Å². The van der Waals surface area contributed by atoms with Gasteiger partial charge in [-0.2, -0.15) is 0 Å². The first kappa shape index (κ1) is 18.3. The lowest BCUT2D eigenvalue weighted by atomic mass is 10.1. The number of hydrogen-bond acceptors (Lipinski definition) is 4. The molecule has 0 aromatic heterocycles. The van der Waals surface area contributed by atoms with Crippen molar-refractivity contribution in [3.8, 4) is 11.5 Å². The summed E-state index contributed by atoms with van der Waals surface area (Å²) in [6, 6.07) is 14.9. The molecule has 0 fully saturated rings. The second-order valence-electron chi connectivity index (χ2n) is 5.46. The van der Waals surface area contributed by atoms with Crippen molar-refractivity contribution in [1.82, 2.24) is 10.9 Å². The molecule has 0 radical (unpaired) electrons. The molecule has 2 N–H and O–H groups in total. The van der Waals surface area contributed by atoms with Crippen molar-refractivity contribution in [2.75, 3.05) is 13.7 Å². The van der Waals surface area contributed by atoms with Crippen molar-refractivity contribution >= 4 is 11.8 Å². The molecule has 0 spiro atoms. The van der Waals surface area contributed by atoms with E-state index in [-0.39, 0.29) is 18.9 Å². The van der Waals surface area contributed by atoms with E-state index < -0.39 is 5.91 Å². The van der Waals surface area contributed by atoms with Gasteiger partial charge in [-0.3, -0.25) is 20.4 Å². The number of hydrogen-bond donors (Lipinski definition) is 2. The van der Waals surface area contributed by atoms with Gasteiger partial charge < -0.3 is 9.47 Å². The number of carbonyl (C=O) groups is 2. The molecule has 0 unspecified atom stereocenters. The van der Waals surface area contributed by atoms with Crippen LogP contribution in [0.1, 0.15) is 17.5 Å². The molecule has 0 atom stereocenters. The molecule has 2 aromatic rings. The Labute approximate surface area is 147 Å². The minimum Gasteiger partial charge on any atom is -0.496 e. The molecular weight excluding hydrogens is 320 g/mol. The summed E-state index contributed by atoms with van der Waals surface area (Å²) in [6.45, 7) is 1.73. The molecule has 0 heterocycles. The third-order valence-corrected chi connectivity index (χ3v) is 3.61.